The third kappa shape index (κ3) is 1.93. The maximum atomic E-state index is 3.90. The molecule has 66 valence electrons. The highest BCUT2D eigenvalue weighted by Crippen LogP contribution is 2.03. The van der Waals surface area contributed by atoms with Crippen LogP contribution in [0.5, 0.6) is 0 Å². The van der Waals surface area contributed by atoms with E-state index in [-0.39, 0.29) is 0 Å². The number of benzene rings is 1. The van der Waals surface area contributed by atoms with Gasteiger partial charge in [0.05, 0.1) is 12.7 Å². The largest absolute Gasteiger partial charge is 0.248 e. The van der Waals surface area contributed by atoms with Crippen molar-refractivity contribution in [1.82, 2.24) is 15.0 Å². The first-order valence-electron chi connectivity index (χ1n) is 4.24. The molecule has 0 aliphatic rings. The minimum atomic E-state index is 0.792. The van der Waals surface area contributed by atoms with Gasteiger partial charge in [-0.1, -0.05) is 35.0 Å². The van der Waals surface area contributed by atoms with Crippen LogP contribution in [0.2, 0.25) is 0 Å². The molecule has 13 heavy (non-hydrogen) atoms. The van der Waals surface area contributed by atoms with Gasteiger partial charge in [0.2, 0.25) is 0 Å². The summed E-state index contributed by atoms with van der Waals surface area (Å²) in [5, 5.41) is 7.65. The van der Waals surface area contributed by atoms with E-state index >= 15 is 0 Å². The Kier molecular flexibility index (Phi) is 2.08. The molecular weight excluding hydrogens is 162 g/mol. The quantitative estimate of drug-likeness (QED) is 0.691. The van der Waals surface area contributed by atoms with Crippen LogP contribution in [0.4, 0.5) is 0 Å². The highest BCUT2D eigenvalue weighted by Gasteiger charge is 1.94. The molecule has 0 amide bonds. The van der Waals surface area contributed by atoms with Crippen LogP contribution in [0, 0.1) is 6.92 Å². The molecule has 0 N–H and O–H groups in total. The van der Waals surface area contributed by atoms with Crippen molar-refractivity contribution >= 4 is 0 Å². The molecule has 2 aromatic rings. The summed E-state index contributed by atoms with van der Waals surface area (Å²) in [5.41, 5.74) is 2.53. The van der Waals surface area contributed by atoms with Crippen molar-refractivity contribution in [2.45, 2.75) is 13.5 Å². The first kappa shape index (κ1) is 7.98. The number of aromatic nitrogens is 3. The van der Waals surface area contributed by atoms with Crippen LogP contribution in [-0.4, -0.2) is 15.0 Å². The van der Waals surface area contributed by atoms with E-state index in [1.165, 1.54) is 11.1 Å². The fourth-order valence-corrected chi connectivity index (χ4v) is 1.20. The fraction of sp³-hybridized carbons (Fsp3) is 0.200. The van der Waals surface area contributed by atoms with Crippen molar-refractivity contribution in [3.8, 4) is 0 Å². The second kappa shape index (κ2) is 3.39. The van der Waals surface area contributed by atoms with Crippen molar-refractivity contribution < 1.29 is 0 Å². The van der Waals surface area contributed by atoms with Crippen molar-refractivity contribution in [1.29, 1.82) is 0 Å². The van der Waals surface area contributed by atoms with Gasteiger partial charge in [0.25, 0.3) is 0 Å². The third-order valence-corrected chi connectivity index (χ3v) is 1.94. The second-order valence-corrected chi connectivity index (χ2v) is 3.09. The lowest BCUT2D eigenvalue weighted by Crippen LogP contribution is -2.00. The molecule has 0 fully saturated rings. The molecule has 3 nitrogen and oxygen atoms in total. The summed E-state index contributed by atoms with van der Waals surface area (Å²) in [4.78, 5) is 0. The molecular formula is C10H11N3. The first-order valence-corrected chi connectivity index (χ1v) is 4.24. The summed E-state index contributed by atoms with van der Waals surface area (Å²) < 4.78 is 1.81. The highest BCUT2D eigenvalue weighted by atomic mass is 15.4. The predicted octanol–water partition coefficient (Wildman–Crippen LogP) is 1.63. The van der Waals surface area contributed by atoms with E-state index in [9.17, 15) is 0 Å². The van der Waals surface area contributed by atoms with Gasteiger partial charge < -0.3 is 0 Å². The molecule has 2 rings (SSSR count). The molecule has 0 unspecified atom stereocenters. The lowest BCUT2D eigenvalue weighted by molar-refractivity contribution is 0.649. The van der Waals surface area contributed by atoms with Crippen LogP contribution >= 0.6 is 0 Å². The maximum absolute atomic E-state index is 3.90. The van der Waals surface area contributed by atoms with E-state index in [0.717, 1.165) is 6.54 Å². The minimum Gasteiger partial charge on any atom is -0.248 e. The van der Waals surface area contributed by atoms with Gasteiger partial charge in [-0.15, -0.1) is 5.10 Å². The van der Waals surface area contributed by atoms with Gasteiger partial charge in [0.15, 0.2) is 0 Å². The Morgan fingerprint density at radius 1 is 1.23 bits per heavy atom. The van der Waals surface area contributed by atoms with E-state index in [1.807, 2.05) is 10.9 Å². The maximum Gasteiger partial charge on any atom is 0.0693 e. The van der Waals surface area contributed by atoms with Crippen molar-refractivity contribution in [3.05, 3.63) is 47.8 Å². The summed E-state index contributed by atoms with van der Waals surface area (Å²) in [6.45, 7) is 2.87. The molecule has 0 aliphatic carbocycles. The van der Waals surface area contributed by atoms with E-state index in [4.69, 9.17) is 0 Å². The van der Waals surface area contributed by atoms with Crippen LogP contribution < -0.4 is 0 Å². The monoisotopic (exact) mass is 173 g/mol. The molecule has 1 heterocycles. The van der Waals surface area contributed by atoms with E-state index in [2.05, 4.69) is 41.5 Å². The average Bonchev–Trinajstić information content (AvgIpc) is 2.62. The zero-order chi connectivity index (χ0) is 9.10. The van der Waals surface area contributed by atoms with E-state index < -0.39 is 0 Å². The van der Waals surface area contributed by atoms with Gasteiger partial charge in [0, 0.05) is 6.20 Å². The van der Waals surface area contributed by atoms with Crippen LogP contribution in [-0.2, 0) is 6.54 Å². The van der Waals surface area contributed by atoms with Crippen LogP contribution in [0.1, 0.15) is 11.1 Å². The summed E-state index contributed by atoms with van der Waals surface area (Å²) in [6, 6.07) is 8.42. The smallest absolute Gasteiger partial charge is 0.0693 e. The van der Waals surface area contributed by atoms with Crippen molar-refractivity contribution in [2.24, 2.45) is 0 Å². The fourth-order valence-electron chi connectivity index (χ4n) is 1.20. The van der Waals surface area contributed by atoms with E-state index in [1.54, 1.807) is 6.20 Å². The number of rotatable bonds is 2. The lowest BCUT2D eigenvalue weighted by atomic mass is 10.1. The normalized spacial score (nSPS) is 10.2. The average molecular weight is 173 g/mol. The molecule has 0 spiro atoms. The van der Waals surface area contributed by atoms with Gasteiger partial charge in [-0.05, 0) is 12.5 Å². The van der Waals surface area contributed by atoms with Crippen LogP contribution in [0.15, 0.2) is 36.7 Å². The van der Waals surface area contributed by atoms with Crippen LogP contribution in [0.3, 0.4) is 0 Å². The number of aryl methyl sites for hydroxylation is 1. The molecule has 0 radical (unpaired) electrons. The number of hydrogen-bond acceptors (Lipinski definition) is 2. The Balaban J connectivity index is 2.15. The van der Waals surface area contributed by atoms with Gasteiger partial charge in [-0.25, -0.2) is 4.68 Å². The van der Waals surface area contributed by atoms with E-state index in [0.29, 0.717) is 0 Å². The Morgan fingerprint density at radius 3 is 2.62 bits per heavy atom. The highest BCUT2D eigenvalue weighted by molar-refractivity contribution is 5.21. The number of nitrogens with zero attached hydrogens (tertiary/aromatic N) is 3. The Hall–Kier alpha value is -1.64. The summed E-state index contributed by atoms with van der Waals surface area (Å²) in [6.07, 6.45) is 3.55. The van der Waals surface area contributed by atoms with Gasteiger partial charge >= 0.3 is 0 Å². The number of hydrogen-bond donors (Lipinski definition) is 0. The molecule has 0 saturated heterocycles. The standard InChI is InChI=1S/C10H11N3/c1-9-2-4-10(5-3-9)8-13-7-6-11-12-13/h2-7H,8H2,1H3. The van der Waals surface area contributed by atoms with Crippen LogP contribution in [0.25, 0.3) is 0 Å². The van der Waals surface area contributed by atoms with Crippen molar-refractivity contribution in [3.63, 3.8) is 0 Å². The summed E-state index contributed by atoms with van der Waals surface area (Å²) >= 11 is 0. The molecule has 0 atom stereocenters. The molecule has 3 heteroatoms. The first-order chi connectivity index (χ1) is 6.34. The molecule has 0 aliphatic heterocycles. The second-order valence-electron chi connectivity index (χ2n) is 3.09. The zero-order valence-electron chi connectivity index (χ0n) is 7.51. The van der Waals surface area contributed by atoms with Gasteiger partial charge in [0.1, 0.15) is 0 Å². The summed E-state index contributed by atoms with van der Waals surface area (Å²) in [5.74, 6) is 0. The van der Waals surface area contributed by atoms with Crippen molar-refractivity contribution in [2.75, 3.05) is 0 Å². The Bertz CT molecular complexity index is 362. The van der Waals surface area contributed by atoms with Gasteiger partial charge in [-0.3, -0.25) is 0 Å². The molecule has 0 saturated carbocycles. The molecule has 1 aromatic carbocycles. The summed E-state index contributed by atoms with van der Waals surface area (Å²) in [7, 11) is 0. The topological polar surface area (TPSA) is 30.7 Å². The third-order valence-electron chi connectivity index (χ3n) is 1.94. The molecule has 1 aromatic heterocycles. The Labute approximate surface area is 77.0 Å². The predicted molar refractivity (Wildman–Crippen MR) is 50.3 cm³/mol. The minimum absolute atomic E-state index is 0.792. The lowest BCUT2D eigenvalue weighted by Gasteiger charge is -2.00. The van der Waals surface area contributed by atoms with Gasteiger partial charge in [-0.2, -0.15) is 0 Å². The molecule has 0 bridgehead atoms. The Morgan fingerprint density at radius 2 is 2.00 bits per heavy atom. The zero-order valence-corrected chi connectivity index (χ0v) is 7.51. The SMILES string of the molecule is Cc1ccc(Cn2ccnn2)cc1.